The zero-order valence-corrected chi connectivity index (χ0v) is 11.7. The molecule has 1 N–H and O–H groups in total. The molecule has 1 aromatic carbocycles. The molecule has 1 atom stereocenters. The van der Waals surface area contributed by atoms with Crippen molar-refractivity contribution < 1.29 is 4.79 Å². The number of carbonyl (C=O) groups excluding carboxylic acids is 1. The first-order chi connectivity index (χ1) is 9.72. The first-order valence-corrected chi connectivity index (χ1v) is 7.05. The monoisotopic (exact) mass is 269 g/mol. The van der Waals surface area contributed by atoms with Crippen LogP contribution in [-0.2, 0) is 24.3 Å². The summed E-state index contributed by atoms with van der Waals surface area (Å²) in [6, 6.07) is 8.25. The van der Waals surface area contributed by atoms with Crippen LogP contribution in [0, 0.1) is 12.8 Å². The van der Waals surface area contributed by atoms with Gasteiger partial charge in [-0.25, -0.2) is 4.98 Å². The molecule has 0 bridgehead atoms. The Kier molecular flexibility index (Phi) is 3.54. The maximum atomic E-state index is 12.2. The molecule has 1 aliphatic heterocycles. The van der Waals surface area contributed by atoms with Gasteiger partial charge in [-0.05, 0) is 18.9 Å². The topological polar surface area (TPSA) is 46.9 Å². The van der Waals surface area contributed by atoms with Crippen LogP contribution in [0.2, 0.25) is 0 Å². The third-order valence-corrected chi connectivity index (χ3v) is 3.91. The van der Waals surface area contributed by atoms with Crippen molar-refractivity contribution >= 4 is 5.91 Å². The summed E-state index contributed by atoms with van der Waals surface area (Å²) in [4.78, 5) is 16.5. The normalized spacial score (nSPS) is 17.6. The maximum absolute atomic E-state index is 12.2. The highest BCUT2D eigenvalue weighted by molar-refractivity contribution is 5.78. The number of aromatic nitrogens is 2. The van der Waals surface area contributed by atoms with Gasteiger partial charge in [0.05, 0.1) is 0 Å². The summed E-state index contributed by atoms with van der Waals surface area (Å²) < 4.78 is 2.13. The van der Waals surface area contributed by atoms with Crippen molar-refractivity contribution in [2.24, 2.45) is 5.92 Å². The van der Waals surface area contributed by atoms with Crippen LogP contribution in [0.3, 0.4) is 0 Å². The summed E-state index contributed by atoms with van der Waals surface area (Å²) in [6.45, 7) is 3.55. The van der Waals surface area contributed by atoms with E-state index in [1.54, 1.807) is 0 Å². The number of imidazole rings is 1. The Bertz CT molecular complexity index is 600. The van der Waals surface area contributed by atoms with Gasteiger partial charge in [-0.1, -0.05) is 29.8 Å². The van der Waals surface area contributed by atoms with Crippen molar-refractivity contribution in [2.75, 3.05) is 0 Å². The average Bonchev–Trinajstić information content (AvgIpc) is 2.93. The van der Waals surface area contributed by atoms with Crippen molar-refractivity contribution in [1.29, 1.82) is 0 Å². The van der Waals surface area contributed by atoms with Gasteiger partial charge in [-0.3, -0.25) is 4.79 Å². The van der Waals surface area contributed by atoms with E-state index >= 15 is 0 Å². The van der Waals surface area contributed by atoms with Crippen LogP contribution in [-0.4, -0.2) is 15.5 Å². The van der Waals surface area contributed by atoms with E-state index in [-0.39, 0.29) is 11.8 Å². The molecular weight excluding hydrogens is 250 g/mol. The highest BCUT2D eigenvalue weighted by Crippen LogP contribution is 2.19. The number of rotatable bonds is 3. The van der Waals surface area contributed by atoms with Gasteiger partial charge in [0.15, 0.2) is 0 Å². The minimum atomic E-state index is 0.0512. The molecule has 3 rings (SSSR count). The Morgan fingerprint density at radius 3 is 3.00 bits per heavy atom. The summed E-state index contributed by atoms with van der Waals surface area (Å²) in [5.74, 6) is 1.21. The van der Waals surface area contributed by atoms with E-state index in [1.807, 2.05) is 12.4 Å². The van der Waals surface area contributed by atoms with E-state index in [0.717, 1.165) is 30.8 Å². The molecule has 4 heteroatoms. The van der Waals surface area contributed by atoms with E-state index in [9.17, 15) is 4.79 Å². The van der Waals surface area contributed by atoms with E-state index in [0.29, 0.717) is 6.54 Å². The zero-order valence-electron chi connectivity index (χ0n) is 11.7. The number of aryl methyl sites for hydroxylation is 2. The van der Waals surface area contributed by atoms with Crippen LogP contribution in [0.15, 0.2) is 36.7 Å². The molecule has 104 valence electrons. The average molecular weight is 269 g/mol. The molecule has 0 saturated carbocycles. The lowest BCUT2D eigenvalue weighted by Crippen LogP contribution is -2.35. The number of carbonyl (C=O) groups is 1. The predicted octanol–water partition coefficient (Wildman–Crippen LogP) is 2.07. The molecule has 0 fully saturated rings. The minimum Gasteiger partial charge on any atom is -0.352 e. The van der Waals surface area contributed by atoms with Crippen LogP contribution in [0.25, 0.3) is 0 Å². The minimum absolute atomic E-state index is 0.0512. The zero-order chi connectivity index (χ0) is 13.9. The van der Waals surface area contributed by atoms with Gasteiger partial charge in [0.25, 0.3) is 0 Å². The maximum Gasteiger partial charge on any atom is 0.223 e. The highest BCUT2D eigenvalue weighted by atomic mass is 16.1. The Hall–Kier alpha value is -2.10. The smallest absolute Gasteiger partial charge is 0.223 e. The number of benzene rings is 1. The molecule has 4 nitrogen and oxygen atoms in total. The van der Waals surface area contributed by atoms with Gasteiger partial charge in [-0.2, -0.15) is 0 Å². The summed E-state index contributed by atoms with van der Waals surface area (Å²) >= 11 is 0. The first-order valence-electron chi connectivity index (χ1n) is 7.05. The molecule has 1 unspecified atom stereocenters. The molecule has 0 spiro atoms. The molecule has 1 amide bonds. The molecule has 2 heterocycles. The molecule has 0 aliphatic carbocycles. The summed E-state index contributed by atoms with van der Waals surface area (Å²) in [6.07, 6.45) is 5.42. The van der Waals surface area contributed by atoms with Crippen molar-refractivity contribution in [3.63, 3.8) is 0 Å². The Labute approximate surface area is 118 Å². The van der Waals surface area contributed by atoms with Gasteiger partial charge in [-0.15, -0.1) is 0 Å². The van der Waals surface area contributed by atoms with Crippen molar-refractivity contribution in [3.05, 3.63) is 53.6 Å². The second-order valence-corrected chi connectivity index (χ2v) is 5.43. The van der Waals surface area contributed by atoms with Crippen LogP contribution >= 0.6 is 0 Å². The fourth-order valence-corrected chi connectivity index (χ4v) is 2.61. The fraction of sp³-hybridized carbons (Fsp3) is 0.375. The van der Waals surface area contributed by atoms with Crippen molar-refractivity contribution in [3.8, 4) is 0 Å². The van der Waals surface area contributed by atoms with E-state index in [1.165, 1.54) is 5.56 Å². The second-order valence-electron chi connectivity index (χ2n) is 5.43. The summed E-state index contributed by atoms with van der Waals surface area (Å²) in [5, 5.41) is 3.04. The molecule has 0 saturated heterocycles. The van der Waals surface area contributed by atoms with Crippen LogP contribution in [0.1, 0.15) is 23.4 Å². The van der Waals surface area contributed by atoms with E-state index in [2.05, 4.69) is 46.1 Å². The molecule has 1 aliphatic rings. The lowest BCUT2D eigenvalue weighted by molar-refractivity contribution is -0.125. The lowest BCUT2D eigenvalue weighted by Gasteiger charge is -2.22. The van der Waals surface area contributed by atoms with Crippen LogP contribution < -0.4 is 5.32 Å². The largest absolute Gasteiger partial charge is 0.352 e. The van der Waals surface area contributed by atoms with E-state index < -0.39 is 0 Å². The molecule has 20 heavy (non-hydrogen) atoms. The van der Waals surface area contributed by atoms with Crippen LogP contribution in [0.5, 0.6) is 0 Å². The number of nitrogens with one attached hydrogen (secondary N) is 1. The highest BCUT2D eigenvalue weighted by Gasteiger charge is 2.24. The molecule has 1 aromatic heterocycles. The number of hydrogen-bond acceptors (Lipinski definition) is 2. The van der Waals surface area contributed by atoms with Crippen molar-refractivity contribution in [1.82, 2.24) is 14.9 Å². The second kappa shape index (κ2) is 5.49. The number of nitrogens with zero attached hydrogens (tertiary/aromatic N) is 2. The Morgan fingerprint density at radius 1 is 1.40 bits per heavy atom. The molecule has 0 radical (unpaired) electrons. The van der Waals surface area contributed by atoms with Crippen LogP contribution in [0.4, 0.5) is 0 Å². The lowest BCUT2D eigenvalue weighted by atomic mass is 9.97. The first kappa shape index (κ1) is 12.9. The third kappa shape index (κ3) is 2.74. The van der Waals surface area contributed by atoms with Gasteiger partial charge >= 0.3 is 0 Å². The third-order valence-electron chi connectivity index (χ3n) is 3.91. The number of fused-ring (bicyclic) bond motifs is 1. The number of hydrogen-bond donors (Lipinski definition) is 1. The summed E-state index contributed by atoms with van der Waals surface area (Å²) in [7, 11) is 0. The molecular formula is C16H19N3O. The van der Waals surface area contributed by atoms with Gasteiger partial charge in [0.2, 0.25) is 5.91 Å². The van der Waals surface area contributed by atoms with E-state index in [4.69, 9.17) is 0 Å². The predicted molar refractivity (Wildman–Crippen MR) is 77.1 cm³/mol. The Morgan fingerprint density at radius 2 is 2.20 bits per heavy atom. The summed E-state index contributed by atoms with van der Waals surface area (Å²) in [5.41, 5.74) is 2.38. The Balaban J connectivity index is 1.56. The SMILES string of the molecule is Cc1ccc(CNC(=O)C2CCn3ccnc3C2)cc1. The fourth-order valence-electron chi connectivity index (χ4n) is 2.61. The molecule has 2 aromatic rings. The van der Waals surface area contributed by atoms with Crippen molar-refractivity contribution in [2.45, 2.75) is 32.9 Å². The number of amides is 1. The van der Waals surface area contributed by atoms with Gasteiger partial charge in [0.1, 0.15) is 5.82 Å². The standard InChI is InChI=1S/C16H19N3O/c1-12-2-4-13(5-3-12)11-18-16(20)14-6-8-19-9-7-17-15(19)10-14/h2-5,7,9,14H,6,8,10-11H2,1H3,(H,18,20). The van der Waals surface area contributed by atoms with Gasteiger partial charge in [0, 0.05) is 37.8 Å². The quantitative estimate of drug-likeness (QED) is 0.927. The van der Waals surface area contributed by atoms with Gasteiger partial charge < -0.3 is 9.88 Å².